The van der Waals surface area contributed by atoms with E-state index >= 15 is 0 Å². The molecule has 0 fully saturated rings. The van der Waals surface area contributed by atoms with Crippen LogP contribution in [0.1, 0.15) is 31.1 Å². The van der Waals surface area contributed by atoms with Gasteiger partial charge in [-0.1, -0.05) is 6.92 Å². The van der Waals surface area contributed by atoms with E-state index in [1.165, 1.54) is 6.92 Å². The Hall–Kier alpha value is -3.99. The van der Waals surface area contributed by atoms with Crippen molar-refractivity contribution in [3.8, 4) is 17.2 Å². The zero-order valence-electron chi connectivity index (χ0n) is 22.3. The number of carbonyl (C=O) groups excluding carboxylic acids is 3. The Morgan fingerprint density at radius 1 is 0.947 bits per heavy atom. The third kappa shape index (κ3) is 6.10. The SMILES string of the molecule is CO[C@@H]1CN(C)C(=O)c2cc(NC(=O)Nc3ccc4c(c3)OCO4)ccc2OC[C@@H](C)N(C(C)=O)C[C@H]1C. The van der Waals surface area contributed by atoms with E-state index < -0.39 is 6.03 Å². The third-order valence-corrected chi connectivity index (χ3v) is 6.74. The number of urea groups is 1. The van der Waals surface area contributed by atoms with Crippen molar-refractivity contribution < 1.29 is 33.3 Å². The Morgan fingerprint density at radius 3 is 2.29 bits per heavy atom. The monoisotopic (exact) mass is 526 g/mol. The number of hydrogen-bond acceptors (Lipinski definition) is 7. The maximum atomic E-state index is 13.5. The molecule has 38 heavy (non-hydrogen) atoms. The third-order valence-electron chi connectivity index (χ3n) is 6.74. The molecule has 2 heterocycles. The minimum Gasteiger partial charge on any atom is -0.491 e. The van der Waals surface area contributed by atoms with Gasteiger partial charge in [-0.05, 0) is 37.3 Å². The van der Waals surface area contributed by atoms with Gasteiger partial charge in [0.05, 0.1) is 17.7 Å². The highest BCUT2D eigenvalue weighted by molar-refractivity contribution is 6.02. The highest BCUT2D eigenvalue weighted by atomic mass is 16.7. The number of amides is 4. The second kappa shape index (κ2) is 11.6. The van der Waals surface area contributed by atoms with Gasteiger partial charge < -0.3 is 39.4 Å². The molecule has 0 radical (unpaired) electrons. The molecular weight excluding hydrogens is 492 g/mol. The van der Waals surface area contributed by atoms with Gasteiger partial charge in [0.15, 0.2) is 11.5 Å². The van der Waals surface area contributed by atoms with E-state index in [1.807, 2.05) is 13.8 Å². The highest BCUT2D eigenvalue weighted by Crippen LogP contribution is 2.34. The van der Waals surface area contributed by atoms with E-state index in [-0.39, 0.29) is 48.8 Å². The van der Waals surface area contributed by atoms with Crippen LogP contribution in [0.15, 0.2) is 36.4 Å². The lowest BCUT2D eigenvalue weighted by molar-refractivity contribution is -0.133. The van der Waals surface area contributed by atoms with E-state index in [9.17, 15) is 14.4 Å². The second-order valence-electron chi connectivity index (χ2n) is 9.63. The maximum Gasteiger partial charge on any atom is 0.323 e. The molecule has 204 valence electrons. The number of carbonyl (C=O) groups is 3. The van der Waals surface area contributed by atoms with E-state index in [1.54, 1.807) is 60.4 Å². The highest BCUT2D eigenvalue weighted by Gasteiger charge is 2.29. The number of hydrogen-bond donors (Lipinski definition) is 2. The summed E-state index contributed by atoms with van der Waals surface area (Å²) in [6, 6.07) is 9.26. The number of benzene rings is 2. The van der Waals surface area contributed by atoms with Crippen LogP contribution in [0.25, 0.3) is 0 Å². The number of fused-ring (bicyclic) bond motifs is 2. The predicted molar refractivity (Wildman–Crippen MR) is 141 cm³/mol. The Kier molecular flexibility index (Phi) is 8.26. The molecule has 4 amide bonds. The average molecular weight is 527 g/mol. The van der Waals surface area contributed by atoms with Crippen molar-refractivity contribution in [1.82, 2.24) is 9.80 Å². The van der Waals surface area contributed by atoms with Crippen LogP contribution in [0, 0.1) is 5.92 Å². The molecule has 2 aliphatic heterocycles. The fraction of sp³-hybridized carbons (Fsp3) is 0.444. The molecule has 2 aliphatic rings. The van der Waals surface area contributed by atoms with Crippen LogP contribution in [0.3, 0.4) is 0 Å². The zero-order valence-corrected chi connectivity index (χ0v) is 22.3. The Labute approximate surface area is 222 Å². The predicted octanol–water partition coefficient (Wildman–Crippen LogP) is 3.41. The summed E-state index contributed by atoms with van der Waals surface area (Å²) in [5, 5.41) is 5.51. The number of nitrogens with zero attached hydrogens (tertiary/aromatic N) is 2. The number of rotatable bonds is 3. The molecule has 0 saturated carbocycles. The number of likely N-dealkylation sites (N-methyl/N-ethyl adjacent to an activating group) is 1. The molecule has 0 saturated heterocycles. The van der Waals surface area contributed by atoms with Gasteiger partial charge in [0.25, 0.3) is 5.91 Å². The number of methoxy groups -OCH3 is 1. The number of anilines is 2. The van der Waals surface area contributed by atoms with Gasteiger partial charge in [0.2, 0.25) is 12.7 Å². The summed E-state index contributed by atoms with van der Waals surface area (Å²) in [6.07, 6.45) is -0.282. The standard InChI is InChI=1S/C27H34N4O7/c1-16-12-31(18(3)32)17(2)14-36-22-8-6-19(10-21(22)26(33)30(4)13-25(16)35-5)28-27(34)29-20-7-9-23-24(11-20)38-15-37-23/h6-11,16-17,25H,12-15H2,1-5H3,(H2,28,29,34)/t16-,17-,25-/m1/s1. The number of nitrogens with one attached hydrogen (secondary N) is 2. The first kappa shape index (κ1) is 27.1. The fourth-order valence-corrected chi connectivity index (χ4v) is 4.56. The zero-order chi connectivity index (χ0) is 27.4. The summed E-state index contributed by atoms with van der Waals surface area (Å²) in [5.74, 6) is 1.18. The van der Waals surface area contributed by atoms with Gasteiger partial charge in [-0.3, -0.25) is 9.59 Å². The Morgan fingerprint density at radius 2 is 1.61 bits per heavy atom. The number of ether oxygens (including phenoxy) is 4. The largest absolute Gasteiger partial charge is 0.491 e. The van der Waals surface area contributed by atoms with Crippen LogP contribution in [-0.4, -0.2) is 80.4 Å². The summed E-state index contributed by atoms with van der Waals surface area (Å²) >= 11 is 0. The van der Waals surface area contributed by atoms with Crippen LogP contribution >= 0.6 is 0 Å². The van der Waals surface area contributed by atoms with Crippen molar-refractivity contribution in [2.75, 3.05) is 51.3 Å². The van der Waals surface area contributed by atoms with E-state index in [0.29, 0.717) is 41.7 Å². The van der Waals surface area contributed by atoms with Crippen molar-refractivity contribution in [3.63, 3.8) is 0 Å². The quantitative estimate of drug-likeness (QED) is 0.629. The van der Waals surface area contributed by atoms with Crippen molar-refractivity contribution >= 4 is 29.2 Å². The molecule has 0 bridgehead atoms. The minimum absolute atomic E-state index is 0.0200. The van der Waals surface area contributed by atoms with E-state index in [0.717, 1.165) is 0 Å². The molecule has 11 nitrogen and oxygen atoms in total. The van der Waals surface area contributed by atoms with Gasteiger partial charge in [-0.25, -0.2) is 4.79 Å². The summed E-state index contributed by atoms with van der Waals surface area (Å²) in [5.41, 5.74) is 1.23. The van der Waals surface area contributed by atoms with Crippen LogP contribution in [0.4, 0.5) is 16.2 Å². The lowest BCUT2D eigenvalue weighted by Crippen LogP contribution is -2.48. The second-order valence-corrected chi connectivity index (χ2v) is 9.63. The molecule has 2 N–H and O–H groups in total. The maximum absolute atomic E-state index is 13.5. The molecule has 4 rings (SSSR count). The molecular formula is C27H34N4O7. The first-order valence-corrected chi connectivity index (χ1v) is 12.5. The van der Waals surface area contributed by atoms with Crippen molar-refractivity contribution in [3.05, 3.63) is 42.0 Å². The molecule has 0 aromatic heterocycles. The topological polar surface area (TPSA) is 119 Å². The first-order valence-electron chi connectivity index (χ1n) is 12.5. The van der Waals surface area contributed by atoms with Crippen molar-refractivity contribution in [1.29, 1.82) is 0 Å². The van der Waals surface area contributed by atoms with Crippen molar-refractivity contribution in [2.24, 2.45) is 5.92 Å². The fourth-order valence-electron chi connectivity index (χ4n) is 4.56. The Balaban J connectivity index is 1.56. The average Bonchev–Trinajstić information content (AvgIpc) is 3.35. The molecule has 0 spiro atoms. The molecule has 2 aromatic rings. The van der Waals surface area contributed by atoms with Gasteiger partial charge in [-0.15, -0.1) is 0 Å². The summed E-state index contributed by atoms with van der Waals surface area (Å²) in [7, 11) is 3.29. The Bertz CT molecular complexity index is 1200. The van der Waals surface area contributed by atoms with Crippen LogP contribution in [-0.2, 0) is 9.53 Å². The van der Waals surface area contributed by atoms with Crippen molar-refractivity contribution in [2.45, 2.75) is 32.9 Å². The molecule has 0 unspecified atom stereocenters. The lowest BCUT2D eigenvalue weighted by atomic mass is 10.0. The summed E-state index contributed by atoms with van der Waals surface area (Å²) in [6.45, 7) is 6.58. The van der Waals surface area contributed by atoms with E-state index in [4.69, 9.17) is 18.9 Å². The van der Waals surface area contributed by atoms with Gasteiger partial charge in [0.1, 0.15) is 12.4 Å². The van der Waals surface area contributed by atoms with Crippen LogP contribution < -0.4 is 24.8 Å². The molecule has 11 heteroatoms. The van der Waals surface area contributed by atoms with E-state index in [2.05, 4.69) is 10.6 Å². The summed E-state index contributed by atoms with van der Waals surface area (Å²) < 4.78 is 22.4. The summed E-state index contributed by atoms with van der Waals surface area (Å²) in [4.78, 5) is 41.9. The van der Waals surface area contributed by atoms with Gasteiger partial charge >= 0.3 is 6.03 Å². The molecule has 2 aromatic carbocycles. The smallest absolute Gasteiger partial charge is 0.323 e. The van der Waals surface area contributed by atoms with Crippen LogP contribution in [0.5, 0.6) is 17.2 Å². The molecule has 3 atom stereocenters. The normalized spacial score (nSPS) is 21.5. The molecule has 0 aliphatic carbocycles. The minimum atomic E-state index is -0.488. The van der Waals surface area contributed by atoms with Gasteiger partial charge in [-0.2, -0.15) is 0 Å². The lowest BCUT2D eigenvalue weighted by Gasteiger charge is -2.35. The first-order chi connectivity index (χ1) is 18.2. The van der Waals surface area contributed by atoms with Crippen LogP contribution in [0.2, 0.25) is 0 Å². The van der Waals surface area contributed by atoms with Gasteiger partial charge in [0, 0.05) is 57.5 Å².